The lowest BCUT2D eigenvalue weighted by atomic mass is 9.46. The summed E-state index contributed by atoms with van der Waals surface area (Å²) in [6, 6.07) is 0. The fourth-order valence-electron chi connectivity index (χ4n) is 11.5. The van der Waals surface area contributed by atoms with Crippen LogP contribution in [-0.4, -0.2) is 11.1 Å². The molecule has 4 aliphatic rings. The summed E-state index contributed by atoms with van der Waals surface area (Å²) in [7, 11) is 0. The Morgan fingerprint density at radius 2 is 1.37 bits per heavy atom. The van der Waals surface area contributed by atoms with Crippen LogP contribution in [0.15, 0.2) is 35.5 Å². The molecule has 8 atom stereocenters. The maximum atomic E-state index is 10.6. The Hall–Kier alpha value is -1.31. The second-order valence-corrected chi connectivity index (χ2v) is 18.9. The number of hydrogen-bond donors (Lipinski definition) is 1. The molecule has 0 aromatic heterocycles. The zero-order chi connectivity index (χ0) is 35.5. The van der Waals surface area contributed by atoms with E-state index in [4.69, 9.17) is 5.11 Å². The fraction of sp³-hybridized carbons (Fsp3) is 0.851. The molecule has 49 heavy (non-hydrogen) atoms. The van der Waals surface area contributed by atoms with E-state index in [1.807, 2.05) is 11.1 Å². The van der Waals surface area contributed by atoms with E-state index in [1.54, 1.807) is 0 Å². The summed E-state index contributed by atoms with van der Waals surface area (Å²) in [6.07, 6.45) is 41.2. The number of unbranched alkanes of at least 4 members (excludes halogenated alkanes) is 11. The summed E-state index contributed by atoms with van der Waals surface area (Å²) in [5, 5.41) is 8.70. The van der Waals surface area contributed by atoms with E-state index in [0.29, 0.717) is 34.5 Å². The zero-order valence-corrected chi connectivity index (χ0v) is 33.6. The van der Waals surface area contributed by atoms with Gasteiger partial charge >= 0.3 is 5.97 Å². The highest BCUT2D eigenvalue weighted by Crippen LogP contribution is 2.71. The van der Waals surface area contributed by atoms with E-state index in [-0.39, 0.29) is 0 Å². The van der Waals surface area contributed by atoms with Crippen LogP contribution < -0.4 is 0 Å². The maximum Gasteiger partial charge on any atom is 0.303 e. The van der Waals surface area contributed by atoms with Gasteiger partial charge in [-0.2, -0.15) is 0 Å². The molecule has 2 unspecified atom stereocenters. The van der Waals surface area contributed by atoms with Gasteiger partial charge in [0.05, 0.1) is 0 Å². The van der Waals surface area contributed by atoms with E-state index in [2.05, 4.69) is 72.8 Å². The molecule has 280 valence electrons. The third kappa shape index (κ3) is 10.2. The third-order valence-corrected chi connectivity index (χ3v) is 15.5. The summed E-state index contributed by atoms with van der Waals surface area (Å²) in [5.41, 5.74) is 5.30. The van der Waals surface area contributed by atoms with Crippen molar-refractivity contribution in [2.75, 3.05) is 0 Å². The van der Waals surface area contributed by atoms with Gasteiger partial charge in [0.15, 0.2) is 0 Å². The first-order valence-electron chi connectivity index (χ1n) is 21.7. The van der Waals surface area contributed by atoms with Gasteiger partial charge in [0.25, 0.3) is 0 Å². The summed E-state index contributed by atoms with van der Waals surface area (Å²) in [5.74, 6) is 4.19. The summed E-state index contributed by atoms with van der Waals surface area (Å²) >= 11 is 0. The molecule has 1 N–H and O–H groups in total. The molecule has 2 fully saturated rings. The monoisotopic (exact) mass is 677 g/mol. The highest BCUT2D eigenvalue weighted by atomic mass is 16.4. The topological polar surface area (TPSA) is 37.3 Å². The first-order valence-corrected chi connectivity index (χ1v) is 21.7. The minimum Gasteiger partial charge on any atom is -0.481 e. The van der Waals surface area contributed by atoms with Crippen LogP contribution >= 0.6 is 0 Å². The molecule has 2 heteroatoms. The average molecular weight is 677 g/mol. The molecule has 0 saturated heterocycles. The highest BCUT2D eigenvalue weighted by Gasteiger charge is 2.61. The normalized spacial score (nSPS) is 32.9. The van der Waals surface area contributed by atoms with Crippen LogP contribution in [-0.2, 0) is 4.79 Å². The van der Waals surface area contributed by atoms with Crippen LogP contribution in [0.4, 0.5) is 0 Å². The van der Waals surface area contributed by atoms with Crippen molar-refractivity contribution in [3.05, 3.63) is 35.5 Å². The smallest absolute Gasteiger partial charge is 0.303 e. The van der Waals surface area contributed by atoms with Gasteiger partial charge in [-0.1, -0.05) is 142 Å². The predicted octanol–water partition coefficient (Wildman–Crippen LogP) is 14.7. The second-order valence-electron chi connectivity index (χ2n) is 18.9. The summed E-state index contributed by atoms with van der Waals surface area (Å²) in [4.78, 5) is 10.6. The molecule has 2 saturated carbocycles. The Balaban J connectivity index is 1.13. The van der Waals surface area contributed by atoms with Crippen LogP contribution in [0.5, 0.6) is 0 Å². The van der Waals surface area contributed by atoms with Gasteiger partial charge in [-0.15, -0.1) is 0 Å². The van der Waals surface area contributed by atoms with Crippen LogP contribution in [0, 0.1) is 51.8 Å². The van der Waals surface area contributed by atoms with E-state index in [0.717, 1.165) is 36.5 Å². The van der Waals surface area contributed by atoms with E-state index >= 15 is 0 Å². The molecule has 0 bridgehead atoms. The lowest BCUT2D eigenvalue weighted by Gasteiger charge is -2.59. The van der Waals surface area contributed by atoms with Crippen molar-refractivity contribution >= 4 is 5.97 Å². The van der Waals surface area contributed by atoms with Crippen molar-refractivity contribution in [1.82, 2.24) is 0 Å². The molecular formula is C47H80O2. The first-order chi connectivity index (χ1) is 23.4. The van der Waals surface area contributed by atoms with Gasteiger partial charge in [-0.05, 0) is 142 Å². The largest absolute Gasteiger partial charge is 0.481 e. The molecule has 0 amide bonds. The van der Waals surface area contributed by atoms with Crippen molar-refractivity contribution in [2.45, 2.75) is 203 Å². The molecule has 0 aliphatic heterocycles. The highest BCUT2D eigenvalue weighted by molar-refractivity contribution is 5.66. The van der Waals surface area contributed by atoms with Crippen molar-refractivity contribution in [3.63, 3.8) is 0 Å². The number of carboxylic acids is 1. The van der Waals surface area contributed by atoms with Gasteiger partial charge in [0, 0.05) is 6.42 Å². The molecule has 0 aromatic carbocycles. The first kappa shape index (κ1) is 40.5. The summed E-state index contributed by atoms with van der Waals surface area (Å²) < 4.78 is 0. The molecule has 0 radical (unpaired) electrons. The van der Waals surface area contributed by atoms with Gasteiger partial charge in [-0.25, -0.2) is 0 Å². The molecule has 4 rings (SSSR count). The Morgan fingerprint density at radius 3 is 2.02 bits per heavy atom. The SMILES string of the molecule is CC(C)[C@@H](C)C=C[C@@H](C)[C@H]1CC[C@@]2(C)C3=C(CC[C@]12C)[C@@]1(C)CCC(CCCCCCCCC=CCCCCCCCC(=O)O)CC1CC3. The number of hydrogen-bond acceptors (Lipinski definition) is 1. The number of rotatable bonds is 21. The molecule has 0 spiro atoms. The Labute approximate surface area is 304 Å². The van der Waals surface area contributed by atoms with Crippen LogP contribution in [0.3, 0.4) is 0 Å². The minimum atomic E-state index is -0.658. The second kappa shape index (κ2) is 19.0. The van der Waals surface area contributed by atoms with E-state index in [9.17, 15) is 4.79 Å². The number of carboxylic acid groups (broad SMARTS) is 1. The lowest BCUT2D eigenvalue weighted by molar-refractivity contribution is -0.137. The third-order valence-electron chi connectivity index (χ3n) is 15.5. The number of carbonyl (C=O) groups is 1. The summed E-state index contributed by atoms with van der Waals surface area (Å²) in [6.45, 7) is 17.8. The van der Waals surface area contributed by atoms with Crippen LogP contribution in [0.25, 0.3) is 0 Å². The van der Waals surface area contributed by atoms with Crippen molar-refractivity contribution in [3.8, 4) is 0 Å². The van der Waals surface area contributed by atoms with Crippen LogP contribution in [0.1, 0.15) is 203 Å². The Morgan fingerprint density at radius 1 is 0.735 bits per heavy atom. The van der Waals surface area contributed by atoms with Crippen molar-refractivity contribution < 1.29 is 9.90 Å². The quantitative estimate of drug-likeness (QED) is 0.0970. The van der Waals surface area contributed by atoms with Gasteiger partial charge in [0.1, 0.15) is 0 Å². The lowest BCUT2D eigenvalue weighted by Crippen LogP contribution is -2.49. The maximum absolute atomic E-state index is 10.6. The number of allylic oxidation sites excluding steroid dienone is 6. The predicted molar refractivity (Wildman–Crippen MR) is 212 cm³/mol. The molecular weight excluding hydrogens is 597 g/mol. The Kier molecular flexibility index (Phi) is 15.7. The van der Waals surface area contributed by atoms with Crippen LogP contribution in [0.2, 0.25) is 0 Å². The Bertz CT molecular complexity index is 1110. The van der Waals surface area contributed by atoms with Gasteiger partial charge in [-0.3, -0.25) is 4.79 Å². The number of fused-ring (bicyclic) bond motifs is 4. The zero-order valence-electron chi connectivity index (χ0n) is 33.6. The standard InChI is InChI=1S/C47H80O2/c1-36(2)37(3)25-26-38(4)41-30-33-47(7)43-28-27-40-35-39(29-32-45(40,5)42(43)31-34-46(41,47)6)23-21-19-17-15-13-11-9-8-10-12-14-16-18-20-22-24-44(48)49/h8,10,25-26,36-41H,9,11-24,27-35H2,1-7H3,(H,48,49)/t37-,38+,39?,40?,41+,45-,46+,47-/m0/s1. The van der Waals surface area contributed by atoms with Gasteiger partial charge < -0.3 is 5.11 Å². The molecule has 2 nitrogen and oxygen atoms in total. The minimum absolute atomic E-state index is 0.330. The van der Waals surface area contributed by atoms with Gasteiger partial charge in [0.2, 0.25) is 0 Å². The molecule has 4 aliphatic carbocycles. The number of aliphatic carboxylic acids is 1. The van der Waals surface area contributed by atoms with Crippen molar-refractivity contribution in [1.29, 1.82) is 0 Å². The van der Waals surface area contributed by atoms with Crippen molar-refractivity contribution in [2.24, 2.45) is 51.8 Å². The average Bonchev–Trinajstić information content (AvgIpc) is 3.35. The van der Waals surface area contributed by atoms with E-state index < -0.39 is 5.97 Å². The fourth-order valence-corrected chi connectivity index (χ4v) is 11.5. The molecule has 0 aromatic rings. The van der Waals surface area contributed by atoms with E-state index in [1.165, 1.54) is 135 Å². The molecule has 0 heterocycles.